The average Bonchev–Trinajstić information content (AvgIpc) is 2.27. The van der Waals surface area contributed by atoms with Crippen LogP contribution in [0.15, 0.2) is 23.9 Å². The summed E-state index contributed by atoms with van der Waals surface area (Å²) in [5.41, 5.74) is 10.0. The van der Waals surface area contributed by atoms with E-state index >= 15 is 0 Å². The third-order valence-electron chi connectivity index (χ3n) is 3.55. The summed E-state index contributed by atoms with van der Waals surface area (Å²) in [4.78, 5) is 0. The Morgan fingerprint density at radius 3 is 2.50 bits per heavy atom. The van der Waals surface area contributed by atoms with Crippen LogP contribution in [0.1, 0.15) is 61.3 Å². The van der Waals surface area contributed by atoms with E-state index in [4.69, 9.17) is 5.73 Å². The fourth-order valence-corrected chi connectivity index (χ4v) is 2.67. The number of allylic oxidation sites excluding steroid dienone is 2. The Morgan fingerprint density at radius 1 is 1.28 bits per heavy atom. The van der Waals surface area contributed by atoms with Gasteiger partial charge >= 0.3 is 0 Å². The third-order valence-corrected chi connectivity index (χ3v) is 3.55. The van der Waals surface area contributed by atoms with Crippen molar-refractivity contribution in [2.24, 2.45) is 5.73 Å². The second-order valence-electron chi connectivity index (χ2n) is 5.34. The molecule has 0 bridgehead atoms. The van der Waals surface area contributed by atoms with Crippen LogP contribution in [0, 0.1) is 0 Å². The first-order chi connectivity index (χ1) is 8.40. The SMILES string of the molecule is CC(C)c1cc(C(F)F)cc2c1CC(N)=CC2C. The summed E-state index contributed by atoms with van der Waals surface area (Å²) in [6.07, 6.45) is 0.224. The van der Waals surface area contributed by atoms with Gasteiger partial charge in [0.15, 0.2) is 0 Å². The molecule has 1 nitrogen and oxygen atoms in total. The molecule has 0 saturated heterocycles. The van der Waals surface area contributed by atoms with E-state index in [1.54, 1.807) is 12.1 Å². The summed E-state index contributed by atoms with van der Waals surface area (Å²) < 4.78 is 25.9. The molecule has 0 fully saturated rings. The molecule has 0 saturated carbocycles. The molecule has 3 heteroatoms. The highest BCUT2D eigenvalue weighted by Gasteiger charge is 2.22. The number of hydrogen-bond acceptors (Lipinski definition) is 1. The zero-order valence-electron chi connectivity index (χ0n) is 11.0. The first kappa shape index (κ1) is 13.1. The Kier molecular flexibility index (Phi) is 3.42. The van der Waals surface area contributed by atoms with E-state index in [1.807, 2.05) is 26.8 Å². The first-order valence-corrected chi connectivity index (χ1v) is 6.31. The van der Waals surface area contributed by atoms with Crippen molar-refractivity contribution in [3.8, 4) is 0 Å². The van der Waals surface area contributed by atoms with Gasteiger partial charge in [-0.25, -0.2) is 8.78 Å². The molecule has 2 rings (SSSR count). The first-order valence-electron chi connectivity index (χ1n) is 6.31. The van der Waals surface area contributed by atoms with E-state index in [0.717, 1.165) is 22.4 Å². The second kappa shape index (κ2) is 4.71. The number of benzene rings is 1. The van der Waals surface area contributed by atoms with E-state index < -0.39 is 6.43 Å². The van der Waals surface area contributed by atoms with Gasteiger partial charge in [-0.15, -0.1) is 0 Å². The molecule has 0 amide bonds. The summed E-state index contributed by atoms with van der Waals surface area (Å²) in [6.45, 7) is 6.07. The van der Waals surface area contributed by atoms with Crippen molar-refractivity contribution in [3.63, 3.8) is 0 Å². The van der Waals surface area contributed by atoms with Crippen LogP contribution in [0.5, 0.6) is 0 Å². The number of rotatable bonds is 2. The smallest absolute Gasteiger partial charge is 0.263 e. The highest BCUT2D eigenvalue weighted by molar-refractivity contribution is 5.48. The van der Waals surface area contributed by atoms with Crippen LogP contribution >= 0.6 is 0 Å². The normalized spacial score (nSPS) is 19.1. The molecule has 2 N–H and O–H groups in total. The molecule has 0 spiro atoms. The van der Waals surface area contributed by atoms with Crippen LogP contribution in [0.4, 0.5) is 8.78 Å². The minimum Gasteiger partial charge on any atom is -0.402 e. The standard InChI is InChI=1S/C15H19F2N/c1-8(2)12-5-10(15(16)17)6-13-9(3)4-11(18)7-14(12)13/h4-6,8-9,15H,7,18H2,1-3H3. The molecule has 0 radical (unpaired) electrons. The van der Waals surface area contributed by atoms with Gasteiger partial charge in [0.1, 0.15) is 0 Å². The number of fused-ring (bicyclic) bond motifs is 1. The number of halogens is 2. The van der Waals surface area contributed by atoms with Crippen molar-refractivity contribution in [1.29, 1.82) is 0 Å². The van der Waals surface area contributed by atoms with Gasteiger partial charge in [-0.1, -0.05) is 26.8 Å². The topological polar surface area (TPSA) is 26.0 Å². The zero-order chi connectivity index (χ0) is 13.4. The van der Waals surface area contributed by atoms with Crippen LogP contribution in [0.2, 0.25) is 0 Å². The van der Waals surface area contributed by atoms with Gasteiger partial charge in [0.2, 0.25) is 0 Å². The van der Waals surface area contributed by atoms with Crippen molar-refractivity contribution in [2.75, 3.05) is 0 Å². The maximum absolute atomic E-state index is 12.9. The van der Waals surface area contributed by atoms with Gasteiger partial charge in [0.25, 0.3) is 6.43 Å². The zero-order valence-corrected chi connectivity index (χ0v) is 11.0. The molecule has 18 heavy (non-hydrogen) atoms. The monoisotopic (exact) mass is 251 g/mol. The van der Waals surface area contributed by atoms with Gasteiger partial charge < -0.3 is 5.73 Å². The fraction of sp³-hybridized carbons (Fsp3) is 0.467. The largest absolute Gasteiger partial charge is 0.402 e. The lowest BCUT2D eigenvalue weighted by Crippen LogP contribution is -2.15. The molecule has 1 unspecified atom stereocenters. The molecule has 1 atom stereocenters. The van der Waals surface area contributed by atoms with Gasteiger partial charge in [-0.05, 0) is 34.7 Å². The van der Waals surface area contributed by atoms with Gasteiger partial charge in [0.05, 0.1) is 0 Å². The summed E-state index contributed by atoms with van der Waals surface area (Å²) in [6, 6.07) is 3.28. The predicted octanol–water partition coefficient (Wildman–Crippen LogP) is 4.25. The van der Waals surface area contributed by atoms with Crippen molar-refractivity contribution in [1.82, 2.24) is 0 Å². The van der Waals surface area contributed by atoms with Gasteiger partial charge in [-0.3, -0.25) is 0 Å². The molecular weight excluding hydrogens is 232 g/mol. The summed E-state index contributed by atoms with van der Waals surface area (Å²) in [5.74, 6) is 0.348. The van der Waals surface area contributed by atoms with Crippen LogP contribution < -0.4 is 5.73 Å². The molecule has 0 aliphatic heterocycles. The lowest BCUT2D eigenvalue weighted by molar-refractivity contribution is 0.151. The van der Waals surface area contributed by atoms with Crippen LogP contribution in [0.25, 0.3) is 0 Å². The Bertz CT molecular complexity index is 490. The summed E-state index contributed by atoms with van der Waals surface area (Å²) >= 11 is 0. The third kappa shape index (κ3) is 2.26. The predicted molar refractivity (Wildman–Crippen MR) is 69.9 cm³/mol. The Morgan fingerprint density at radius 2 is 1.94 bits per heavy atom. The summed E-state index contributed by atoms with van der Waals surface area (Å²) in [7, 11) is 0. The highest BCUT2D eigenvalue weighted by Crippen LogP contribution is 2.36. The second-order valence-corrected chi connectivity index (χ2v) is 5.34. The van der Waals surface area contributed by atoms with Crippen LogP contribution in [-0.2, 0) is 6.42 Å². The number of nitrogens with two attached hydrogens (primary N) is 1. The number of alkyl halides is 2. The maximum atomic E-state index is 12.9. The van der Waals surface area contributed by atoms with Crippen LogP contribution in [-0.4, -0.2) is 0 Å². The molecule has 1 aliphatic rings. The molecule has 1 aliphatic carbocycles. The highest BCUT2D eigenvalue weighted by atomic mass is 19.3. The maximum Gasteiger partial charge on any atom is 0.263 e. The minimum absolute atomic E-state index is 0.116. The van der Waals surface area contributed by atoms with Crippen molar-refractivity contribution in [3.05, 3.63) is 46.2 Å². The molecule has 0 heterocycles. The average molecular weight is 251 g/mol. The Balaban J connectivity index is 2.62. The summed E-state index contributed by atoms with van der Waals surface area (Å²) in [5, 5.41) is 0. The Labute approximate surface area is 107 Å². The van der Waals surface area contributed by atoms with Crippen molar-refractivity contribution in [2.45, 2.75) is 45.5 Å². The van der Waals surface area contributed by atoms with Gasteiger partial charge in [-0.2, -0.15) is 0 Å². The van der Waals surface area contributed by atoms with E-state index in [9.17, 15) is 8.78 Å². The van der Waals surface area contributed by atoms with Crippen molar-refractivity contribution >= 4 is 0 Å². The van der Waals surface area contributed by atoms with E-state index in [1.165, 1.54) is 0 Å². The minimum atomic E-state index is -2.41. The lowest BCUT2D eigenvalue weighted by Gasteiger charge is -2.26. The molecular formula is C15H19F2N. The Hall–Kier alpha value is -1.38. The number of hydrogen-bond donors (Lipinski definition) is 1. The fourth-order valence-electron chi connectivity index (χ4n) is 2.67. The lowest BCUT2D eigenvalue weighted by atomic mass is 9.81. The molecule has 98 valence electrons. The molecule has 1 aromatic rings. The van der Waals surface area contributed by atoms with E-state index in [0.29, 0.717) is 6.42 Å². The quantitative estimate of drug-likeness (QED) is 0.835. The molecule has 0 aromatic heterocycles. The van der Waals surface area contributed by atoms with Crippen molar-refractivity contribution < 1.29 is 8.78 Å². The van der Waals surface area contributed by atoms with Gasteiger partial charge in [0, 0.05) is 23.6 Å². The molecule has 1 aromatic carbocycles. The van der Waals surface area contributed by atoms with Crippen LogP contribution in [0.3, 0.4) is 0 Å². The van der Waals surface area contributed by atoms with E-state index in [-0.39, 0.29) is 17.4 Å². The van der Waals surface area contributed by atoms with E-state index in [2.05, 4.69) is 0 Å².